The molecule has 1 aromatic heterocycles. The third-order valence-electron chi connectivity index (χ3n) is 4.00. The van der Waals surface area contributed by atoms with E-state index < -0.39 is 0 Å². The van der Waals surface area contributed by atoms with Crippen molar-refractivity contribution in [1.29, 1.82) is 0 Å². The maximum atomic E-state index is 12.1. The van der Waals surface area contributed by atoms with Gasteiger partial charge in [0.15, 0.2) is 0 Å². The quantitative estimate of drug-likeness (QED) is 0.648. The lowest BCUT2D eigenvalue weighted by molar-refractivity contribution is 0.199. The molecule has 1 aliphatic rings. The first-order valence-electron chi connectivity index (χ1n) is 7.21. The van der Waals surface area contributed by atoms with Crippen LogP contribution < -0.4 is 10.9 Å². The van der Waals surface area contributed by atoms with Crippen molar-refractivity contribution >= 4 is 11.0 Å². The zero-order valence-corrected chi connectivity index (χ0v) is 12.1. The predicted molar refractivity (Wildman–Crippen MR) is 79.8 cm³/mol. The zero-order valence-electron chi connectivity index (χ0n) is 12.1. The van der Waals surface area contributed by atoms with Crippen LogP contribution in [0.4, 0.5) is 0 Å². The van der Waals surface area contributed by atoms with E-state index in [0.717, 1.165) is 35.8 Å². The highest BCUT2D eigenvalue weighted by molar-refractivity contribution is 5.86. The van der Waals surface area contributed by atoms with Gasteiger partial charge in [-0.05, 0) is 37.0 Å². The second-order valence-corrected chi connectivity index (χ2v) is 5.31. The van der Waals surface area contributed by atoms with Crippen LogP contribution in [0.25, 0.3) is 11.0 Å². The van der Waals surface area contributed by atoms with Gasteiger partial charge in [-0.2, -0.15) is 0 Å². The molecular weight excluding hydrogens is 270 g/mol. The minimum Gasteiger partial charge on any atom is -0.507 e. The molecule has 1 heterocycles. The van der Waals surface area contributed by atoms with Crippen molar-refractivity contribution < 1.29 is 14.3 Å². The maximum absolute atomic E-state index is 12.1. The number of fused-ring (bicyclic) bond motifs is 3. The number of hydrogen-bond acceptors (Lipinski definition) is 5. The number of hydrogen-bond donors (Lipinski definition) is 2. The Balaban J connectivity index is 2.05. The zero-order chi connectivity index (χ0) is 14.8. The summed E-state index contributed by atoms with van der Waals surface area (Å²) in [4.78, 5) is 12.1. The van der Waals surface area contributed by atoms with E-state index in [1.165, 1.54) is 0 Å². The van der Waals surface area contributed by atoms with Crippen molar-refractivity contribution in [2.24, 2.45) is 0 Å². The lowest BCUT2D eigenvalue weighted by Gasteiger charge is -2.11. The van der Waals surface area contributed by atoms with Gasteiger partial charge in [-0.15, -0.1) is 0 Å². The number of benzene rings is 1. The fourth-order valence-corrected chi connectivity index (χ4v) is 2.95. The molecule has 0 bridgehead atoms. The highest BCUT2D eigenvalue weighted by Crippen LogP contribution is 2.32. The number of aromatic hydroxyl groups is 1. The minimum absolute atomic E-state index is 0.147. The lowest BCUT2D eigenvalue weighted by Crippen LogP contribution is -2.19. The number of aryl methyl sites for hydroxylation is 1. The van der Waals surface area contributed by atoms with Gasteiger partial charge in [0.2, 0.25) is 0 Å². The number of phenolic OH excluding ortho intramolecular Hbond substituents is 1. The van der Waals surface area contributed by atoms with Gasteiger partial charge < -0.3 is 19.6 Å². The summed E-state index contributed by atoms with van der Waals surface area (Å²) >= 11 is 0. The van der Waals surface area contributed by atoms with Gasteiger partial charge >= 0.3 is 5.63 Å². The molecule has 0 amide bonds. The molecule has 0 radical (unpaired) electrons. The van der Waals surface area contributed by atoms with Crippen molar-refractivity contribution in [2.75, 3.05) is 20.3 Å². The fraction of sp³-hybridized carbons (Fsp3) is 0.438. The smallest absolute Gasteiger partial charge is 0.339 e. The van der Waals surface area contributed by atoms with E-state index in [1.807, 2.05) is 6.07 Å². The van der Waals surface area contributed by atoms with Crippen molar-refractivity contribution in [3.63, 3.8) is 0 Å². The summed E-state index contributed by atoms with van der Waals surface area (Å²) in [5.41, 5.74) is 2.76. The molecule has 5 nitrogen and oxygen atoms in total. The van der Waals surface area contributed by atoms with E-state index >= 15 is 0 Å². The molecule has 0 aliphatic heterocycles. The number of nitrogens with one attached hydrogen (secondary N) is 1. The van der Waals surface area contributed by atoms with Crippen LogP contribution in [-0.4, -0.2) is 25.4 Å². The van der Waals surface area contributed by atoms with Gasteiger partial charge in [0.25, 0.3) is 0 Å². The van der Waals surface area contributed by atoms with E-state index in [-0.39, 0.29) is 11.4 Å². The van der Waals surface area contributed by atoms with Crippen LogP contribution in [0, 0.1) is 0 Å². The fourth-order valence-electron chi connectivity index (χ4n) is 2.95. The Morgan fingerprint density at radius 2 is 2.14 bits per heavy atom. The van der Waals surface area contributed by atoms with Crippen molar-refractivity contribution in [3.05, 3.63) is 39.2 Å². The molecule has 0 unspecified atom stereocenters. The third-order valence-corrected chi connectivity index (χ3v) is 4.00. The molecule has 0 saturated heterocycles. The second kappa shape index (κ2) is 5.87. The normalized spacial score (nSPS) is 13.8. The van der Waals surface area contributed by atoms with Crippen LogP contribution in [0.1, 0.15) is 23.1 Å². The molecular formula is C16H19NO4. The maximum Gasteiger partial charge on any atom is 0.339 e. The summed E-state index contributed by atoms with van der Waals surface area (Å²) in [6.45, 7) is 1.70. The van der Waals surface area contributed by atoms with Gasteiger partial charge in [-0.1, -0.05) is 0 Å². The first-order chi connectivity index (χ1) is 10.2. The number of phenols is 1. The third kappa shape index (κ3) is 2.54. The van der Waals surface area contributed by atoms with Crippen LogP contribution in [0.15, 0.2) is 21.3 Å². The molecule has 1 aromatic carbocycles. The molecule has 2 aromatic rings. The number of ether oxygens (including phenoxy) is 1. The average molecular weight is 289 g/mol. The molecule has 5 heteroatoms. The summed E-state index contributed by atoms with van der Waals surface area (Å²) < 4.78 is 10.5. The second-order valence-electron chi connectivity index (χ2n) is 5.31. The van der Waals surface area contributed by atoms with Gasteiger partial charge in [-0.3, -0.25) is 0 Å². The molecule has 3 rings (SSSR count). The summed E-state index contributed by atoms with van der Waals surface area (Å²) in [5, 5.41) is 14.2. The molecule has 21 heavy (non-hydrogen) atoms. The average Bonchev–Trinajstić information content (AvgIpc) is 2.96. The largest absolute Gasteiger partial charge is 0.507 e. The minimum atomic E-state index is -0.265. The highest BCUT2D eigenvalue weighted by Gasteiger charge is 2.21. The Morgan fingerprint density at radius 3 is 2.95 bits per heavy atom. The molecule has 112 valence electrons. The van der Waals surface area contributed by atoms with Gasteiger partial charge in [0.05, 0.1) is 12.2 Å². The number of rotatable bonds is 5. The Labute approximate surface area is 122 Å². The van der Waals surface area contributed by atoms with Gasteiger partial charge in [0.1, 0.15) is 11.3 Å². The monoisotopic (exact) mass is 289 g/mol. The molecule has 0 saturated carbocycles. The molecule has 0 fully saturated rings. The Bertz CT molecular complexity index is 720. The van der Waals surface area contributed by atoms with Crippen LogP contribution >= 0.6 is 0 Å². The standard InChI is InChI=1S/C16H19NO4/c1-20-8-7-17-9-13-14(18)6-5-11-10-3-2-4-12(10)16(19)21-15(11)13/h5-6,17-18H,2-4,7-9H2,1H3. The summed E-state index contributed by atoms with van der Waals surface area (Å²) in [6.07, 6.45) is 2.68. The summed E-state index contributed by atoms with van der Waals surface area (Å²) in [7, 11) is 1.64. The topological polar surface area (TPSA) is 71.7 Å². The molecule has 1 aliphatic carbocycles. The number of methoxy groups -OCH3 is 1. The highest BCUT2D eigenvalue weighted by atomic mass is 16.5. The Kier molecular flexibility index (Phi) is 3.94. The lowest BCUT2D eigenvalue weighted by atomic mass is 10.0. The first kappa shape index (κ1) is 14.1. The predicted octanol–water partition coefficient (Wildman–Crippen LogP) is 1.72. The van der Waals surface area contributed by atoms with E-state index in [0.29, 0.717) is 30.8 Å². The van der Waals surface area contributed by atoms with Gasteiger partial charge in [-0.25, -0.2) is 4.79 Å². The summed E-state index contributed by atoms with van der Waals surface area (Å²) in [5.74, 6) is 0.147. The Hall–Kier alpha value is -1.85. The SMILES string of the molecule is COCCNCc1c(O)ccc2c3c(c(=O)oc12)CCC3. The summed E-state index contributed by atoms with van der Waals surface area (Å²) in [6, 6.07) is 3.52. The van der Waals surface area contributed by atoms with Crippen LogP contribution in [-0.2, 0) is 24.1 Å². The molecule has 0 atom stereocenters. The van der Waals surface area contributed by atoms with E-state index in [1.54, 1.807) is 13.2 Å². The molecule has 0 spiro atoms. The Morgan fingerprint density at radius 1 is 1.33 bits per heavy atom. The van der Waals surface area contributed by atoms with Gasteiger partial charge in [0, 0.05) is 31.1 Å². The first-order valence-corrected chi connectivity index (χ1v) is 7.21. The van der Waals surface area contributed by atoms with Crippen molar-refractivity contribution in [3.8, 4) is 5.75 Å². The van der Waals surface area contributed by atoms with E-state index in [2.05, 4.69) is 5.32 Å². The van der Waals surface area contributed by atoms with E-state index in [4.69, 9.17) is 9.15 Å². The molecule has 2 N–H and O–H groups in total. The van der Waals surface area contributed by atoms with Crippen molar-refractivity contribution in [2.45, 2.75) is 25.8 Å². The van der Waals surface area contributed by atoms with Crippen molar-refractivity contribution in [1.82, 2.24) is 5.32 Å². The van der Waals surface area contributed by atoms with Crippen LogP contribution in [0.5, 0.6) is 5.75 Å². The van der Waals surface area contributed by atoms with Crippen LogP contribution in [0.2, 0.25) is 0 Å². The van der Waals surface area contributed by atoms with Crippen LogP contribution in [0.3, 0.4) is 0 Å². The van der Waals surface area contributed by atoms with E-state index in [9.17, 15) is 9.90 Å².